The Bertz CT molecular complexity index is 1230. The average Bonchev–Trinajstić information content (AvgIpc) is 3.23. The summed E-state index contributed by atoms with van der Waals surface area (Å²) in [7, 11) is -3.64. The van der Waals surface area contributed by atoms with Gasteiger partial charge in [-0.15, -0.1) is 0 Å². The number of rotatable bonds is 6. The van der Waals surface area contributed by atoms with E-state index in [-0.39, 0.29) is 28.4 Å². The van der Waals surface area contributed by atoms with Crippen molar-refractivity contribution in [1.29, 1.82) is 0 Å². The zero-order chi connectivity index (χ0) is 24.5. The lowest BCUT2D eigenvalue weighted by atomic mass is 9.94. The van der Waals surface area contributed by atoms with Crippen molar-refractivity contribution in [1.82, 2.24) is 4.31 Å². The number of nitrogens with one attached hydrogen (secondary N) is 1. The van der Waals surface area contributed by atoms with Crippen molar-refractivity contribution in [2.24, 2.45) is 5.92 Å². The highest BCUT2D eigenvalue weighted by atomic mass is 32.2. The highest BCUT2D eigenvalue weighted by molar-refractivity contribution is 7.89. The van der Waals surface area contributed by atoms with Gasteiger partial charge in [-0.05, 0) is 68.0 Å². The van der Waals surface area contributed by atoms with E-state index < -0.39 is 10.0 Å². The van der Waals surface area contributed by atoms with Gasteiger partial charge in [0.25, 0.3) is 0 Å². The molecular weight excluding hydrogens is 454 g/mol. The summed E-state index contributed by atoms with van der Waals surface area (Å²) in [4.78, 5) is 37.7. The summed E-state index contributed by atoms with van der Waals surface area (Å²) in [5, 5.41) is 2.84. The van der Waals surface area contributed by atoms with Crippen LogP contribution in [0.1, 0.15) is 49.0 Å². The molecule has 0 radical (unpaired) electrons. The lowest BCUT2D eigenvalue weighted by Crippen LogP contribution is -2.39. The first-order valence-electron chi connectivity index (χ1n) is 11.5. The lowest BCUT2D eigenvalue weighted by Gasteiger charge is -2.31. The van der Waals surface area contributed by atoms with Gasteiger partial charge in [-0.2, -0.15) is 4.31 Å². The van der Waals surface area contributed by atoms with Gasteiger partial charge in [-0.25, -0.2) is 8.42 Å². The fraction of sp³-hybridized carbons (Fsp3) is 0.400. The zero-order valence-corrected chi connectivity index (χ0v) is 20.2. The number of ketones is 1. The maximum Gasteiger partial charge on any atom is 0.243 e. The Morgan fingerprint density at radius 1 is 1.00 bits per heavy atom. The summed E-state index contributed by atoms with van der Waals surface area (Å²) in [6.45, 7) is 4.27. The van der Waals surface area contributed by atoms with Crippen LogP contribution in [-0.2, 0) is 26.0 Å². The second-order valence-electron chi connectivity index (χ2n) is 8.95. The molecule has 4 rings (SSSR count). The van der Waals surface area contributed by atoms with Gasteiger partial charge < -0.3 is 10.2 Å². The third kappa shape index (κ3) is 5.05. The molecule has 2 heterocycles. The number of fused-ring (bicyclic) bond motifs is 1. The van der Waals surface area contributed by atoms with Crippen molar-refractivity contribution >= 4 is 39.0 Å². The van der Waals surface area contributed by atoms with Gasteiger partial charge in [0, 0.05) is 49.9 Å². The van der Waals surface area contributed by atoms with Crippen LogP contribution >= 0.6 is 0 Å². The van der Waals surface area contributed by atoms with Crippen LogP contribution in [0, 0.1) is 5.92 Å². The Balaban J connectivity index is 1.34. The van der Waals surface area contributed by atoms with Crippen LogP contribution < -0.4 is 10.2 Å². The van der Waals surface area contributed by atoms with Gasteiger partial charge in [-0.3, -0.25) is 14.4 Å². The topological polar surface area (TPSA) is 104 Å². The molecule has 2 aliphatic heterocycles. The fourth-order valence-corrected chi connectivity index (χ4v) is 6.18. The minimum Gasteiger partial charge on any atom is -0.326 e. The number of piperidine rings is 1. The number of anilines is 2. The molecule has 0 saturated carbocycles. The molecular formula is C25H29N3O5S. The number of sulfonamides is 1. The van der Waals surface area contributed by atoms with E-state index in [9.17, 15) is 22.8 Å². The summed E-state index contributed by atoms with van der Waals surface area (Å²) in [5.41, 5.74) is 2.77. The number of nitrogens with zero attached hydrogens (tertiary/aromatic N) is 2. The minimum atomic E-state index is -3.64. The number of carbonyl (C=O) groups is 3. The second-order valence-corrected chi connectivity index (χ2v) is 10.9. The Kier molecular flexibility index (Phi) is 6.86. The molecule has 2 amide bonds. The summed E-state index contributed by atoms with van der Waals surface area (Å²) < 4.78 is 27.9. The van der Waals surface area contributed by atoms with Crippen LogP contribution in [0.15, 0.2) is 47.4 Å². The molecule has 180 valence electrons. The van der Waals surface area contributed by atoms with Crippen LogP contribution in [-0.4, -0.2) is 50.0 Å². The summed E-state index contributed by atoms with van der Waals surface area (Å²) in [6, 6.07) is 11.8. The van der Waals surface area contributed by atoms with Crippen LogP contribution in [0.3, 0.4) is 0 Å². The number of hydrogen-bond acceptors (Lipinski definition) is 5. The molecule has 1 fully saturated rings. The average molecular weight is 484 g/mol. The van der Waals surface area contributed by atoms with Crippen molar-refractivity contribution in [3.63, 3.8) is 0 Å². The van der Waals surface area contributed by atoms with E-state index in [1.165, 1.54) is 18.2 Å². The monoisotopic (exact) mass is 483 g/mol. The Labute approximate surface area is 200 Å². The van der Waals surface area contributed by atoms with E-state index in [1.807, 2.05) is 0 Å². The highest BCUT2D eigenvalue weighted by Crippen LogP contribution is 2.32. The molecule has 0 spiro atoms. The van der Waals surface area contributed by atoms with Gasteiger partial charge in [0.1, 0.15) is 0 Å². The van der Waals surface area contributed by atoms with E-state index in [1.54, 1.807) is 47.4 Å². The quantitative estimate of drug-likeness (QED) is 0.636. The van der Waals surface area contributed by atoms with E-state index in [0.717, 1.165) is 11.3 Å². The van der Waals surface area contributed by atoms with Gasteiger partial charge in [0.2, 0.25) is 21.8 Å². The van der Waals surface area contributed by atoms with Gasteiger partial charge in [0.15, 0.2) is 5.78 Å². The second kappa shape index (κ2) is 9.68. The number of benzene rings is 2. The van der Waals surface area contributed by atoms with Crippen molar-refractivity contribution in [2.75, 3.05) is 29.9 Å². The Hall–Kier alpha value is -3.04. The van der Waals surface area contributed by atoms with Crippen LogP contribution in [0.5, 0.6) is 0 Å². The highest BCUT2D eigenvalue weighted by Gasteiger charge is 2.32. The number of amides is 2. The molecule has 0 bridgehead atoms. The Morgan fingerprint density at radius 3 is 2.41 bits per heavy atom. The number of Topliss-reactive ketones (excluding diaryl/α,β-unsaturated/α-hetero) is 1. The fourth-order valence-electron chi connectivity index (χ4n) is 4.66. The lowest BCUT2D eigenvalue weighted by molar-refractivity contribution is -0.117. The van der Waals surface area contributed by atoms with Crippen LogP contribution in [0.25, 0.3) is 0 Å². The third-order valence-corrected chi connectivity index (χ3v) is 8.46. The SMILES string of the molecule is CC(=O)c1cccc(NC(=O)CC2CCN(S(=O)(=O)c3ccc4c(c3)CCN4C(C)=O)CC2)c1. The van der Waals surface area contributed by atoms with E-state index >= 15 is 0 Å². The molecule has 2 aromatic rings. The van der Waals surface area contributed by atoms with E-state index in [2.05, 4.69) is 5.32 Å². The first kappa shape index (κ1) is 24.1. The van der Waals surface area contributed by atoms with Crippen molar-refractivity contribution in [2.45, 2.75) is 44.4 Å². The Morgan fingerprint density at radius 2 is 1.74 bits per heavy atom. The van der Waals surface area contributed by atoms with Crippen LogP contribution in [0.2, 0.25) is 0 Å². The molecule has 1 N–H and O–H groups in total. The molecule has 0 atom stereocenters. The molecule has 9 heteroatoms. The zero-order valence-electron chi connectivity index (χ0n) is 19.4. The summed E-state index contributed by atoms with van der Waals surface area (Å²) in [5.74, 6) is -0.168. The predicted octanol–water partition coefficient (Wildman–Crippen LogP) is 3.23. The summed E-state index contributed by atoms with van der Waals surface area (Å²) in [6.07, 6.45) is 2.15. The molecule has 0 aromatic heterocycles. The maximum absolute atomic E-state index is 13.2. The van der Waals surface area contributed by atoms with E-state index in [0.29, 0.717) is 56.6 Å². The number of carbonyl (C=O) groups excluding carboxylic acids is 3. The standard InChI is InChI=1S/C25H29N3O5S/c1-17(29)20-4-3-5-22(15-20)26-25(31)14-19-8-11-27(12-9-19)34(32,33)23-6-7-24-21(16-23)10-13-28(24)18(2)30/h3-7,15-16,19H,8-14H2,1-2H3,(H,26,31). The van der Waals surface area contributed by atoms with Crippen LogP contribution in [0.4, 0.5) is 11.4 Å². The number of hydrogen-bond donors (Lipinski definition) is 1. The van der Waals surface area contributed by atoms with Crippen molar-refractivity contribution < 1.29 is 22.8 Å². The van der Waals surface area contributed by atoms with Crippen molar-refractivity contribution in [3.05, 3.63) is 53.6 Å². The predicted molar refractivity (Wildman–Crippen MR) is 129 cm³/mol. The maximum atomic E-state index is 13.2. The third-order valence-electron chi connectivity index (χ3n) is 6.56. The molecule has 0 unspecified atom stereocenters. The van der Waals surface area contributed by atoms with Gasteiger partial charge in [0.05, 0.1) is 4.90 Å². The first-order chi connectivity index (χ1) is 16.1. The largest absolute Gasteiger partial charge is 0.326 e. The molecule has 2 aliphatic rings. The van der Waals surface area contributed by atoms with E-state index in [4.69, 9.17) is 0 Å². The molecule has 34 heavy (non-hydrogen) atoms. The molecule has 1 saturated heterocycles. The molecule has 0 aliphatic carbocycles. The normalized spacial score (nSPS) is 16.8. The minimum absolute atomic E-state index is 0.0491. The molecule has 8 nitrogen and oxygen atoms in total. The summed E-state index contributed by atoms with van der Waals surface area (Å²) >= 11 is 0. The molecule has 2 aromatic carbocycles. The first-order valence-corrected chi connectivity index (χ1v) is 12.9. The van der Waals surface area contributed by atoms with Gasteiger partial charge >= 0.3 is 0 Å². The smallest absolute Gasteiger partial charge is 0.243 e. The van der Waals surface area contributed by atoms with Crippen molar-refractivity contribution in [3.8, 4) is 0 Å². The van der Waals surface area contributed by atoms with Gasteiger partial charge in [-0.1, -0.05) is 12.1 Å².